The van der Waals surface area contributed by atoms with Crippen molar-refractivity contribution >= 4 is 34.3 Å². The summed E-state index contributed by atoms with van der Waals surface area (Å²) < 4.78 is 30.6. The fourth-order valence-electron chi connectivity index (χ4n) is 4.32. The predicted molar refractivity (Wildman–Crippen MR) is 131 cm³/mol. The van der Waals surface area contributed by atoms with Crippen molar-refractivity contribution in [3.05, 3.63) is 82.9 Å². The van der Waals surface area contributed by atoms with E-state index in [1.807, 2.05) is 6.07 Å². The number of carbonyl (C=O) groups excluding carboxylic acids is 1. The van der Waals surface area contributed by atoms with Crippen LogP contribution in [0.4, 0.5) is 0 Å². The van der Waals surface area contributed by atoms with Crippen molar-refractivity contribution in [1.82, 2.24) is 8.75 Å². The third-order valence-corrected chi connectivity index (χ3v) is 6.52. The molecule has 0 saturated heterocycles. The molecule has 4 aromatic rings. The Morgan fingerprint density at radius 3 is 2.26 bits per heavy atom. The van der Waals surface area contributed by atoms with Crippen LogP contribution in [0.15, 0.2) is 66.2 Å². The Hall–Kier alpha value is -3.95. The van der Waals surface area contributed by atoms with Crippen molar-refractivity contribution in [3.63, 3.8) is 0 Å². The first-order valence-electron chi connectivity index (χ1n) is 10.7. The number of benzene rings is 3. The lowest BCUT2D eigenvalue weighted by atomic mass is 9.88. The number of hydrogen-bond donors (Lipinski definition) is 1. The first kappa shape index (κ1) is 22.8. The number of esters is 1. The molecule has 35 heavy (non-hydrogen) atoms. The van der Waals surface area contributed by atoms with Crippen molar-refractivity contribution in [2.24, 2.45) is 0 Å². The molecule has 178 valence electrons. The second-order valence-electron chi connectivity index (χ2n) is 7.93. The Balaban J connectivity index is 1.71. The average molecular weight is 491 g/mol. The summed E-state index contributed by atoms with van der Waals surface area (Å²) in [6.07, 6.45) is 0.177. The van der Waals surface area contributed by atoms with Crippen molar-refractivity contribution in [2.45, 2.75) is 12.2 Å². The van der Waals surface area contributed by atoms with Crippen LogP contribution >= 0.6 is 11.7 Å². The SMILES string of the molecule is COc1cc(CC2=C(c3ccc4nsnc4c3)C(=O)OC2(O)c2ccccc2)cc(OC)c1OC. The maximum absolute atomic E-state index is 13.2. The molecular weight excluding hydrogens is 468 g/mol. The van der Waals surface area contributed by atoms with E-state index in [9.17, 15) is 9.90 Å². The van der Waals surface area contributed by atoms with E-state index in [0.717, 1.165) is 22.8 Å². The smallest absolute Gasteiger partial charge is 0.342 e. The molecule has 1 unspecified atom stereocenters. The Labute approximate surface area is 205 Å². The maximum Gasteiger partial charge on any atom is 0.342 e. The van der Waals surface area contributed by atoms with E-state index in [0.29, 0.717) is 39.5 Å². The number of aromatic nitrogens is 2. The molecule has 0 bridgehead atoms. The number of ether oxygens (including phenoxy) is 4. The van der Waals surface area contributed by atoms with E-state index in [2.05, 4.69) is 8.75 Å². The molecule has 1 aromatic heterocycles. The van der Waals surface area contributed by atoms with Crippen molar-refractivity contribution in [1.29, 1.82) is 0 Å². The molecule has 0 amide bonds. The van der Waals surface area contributed by atoms with Gasteiger partial charge in [-0.05, 0) is 35.4 Å². The van der Waals surface area contributed by atoms with Crippen LogP contribution in [0.3, 0.4) is 0 Å². The number of fused-ring (bicyclic) bond motifs is 1. The molecule has 0 spiro atoms. The third-order valence-electron chi connectivity index (χ3n) is 5.97. The molecule has 1 atom stereocenters. The van der Waals surface area contributed by atoms with Crippen LogP contribution < -0.4 is 14.2 Å². The number of methoxy groups -OCH3 is 3. The molecular formula is C26H22N2O6S. The summed E-state index contributed by atoms with van der Waals surface area (Å²) >= 11 is 1.10. The number of hydrogen-bond acceptors (Lipinski definition) is 9. The molecule has 8 nitrogen and oxygen atoms in total. The third kappa shape index (κ3) is 3.88. The van der Waals surface area contributed by atoms with Gasteiger partial charge in [0, 0.05) is 17.6 Å². The van der Waals surface area contributed by atoms with Gasteiger partial charge in [0.25, 0.3) is 5.79 Å². The number of carbonyl (C=O) groups is 1. The highest BCUT2D eigenvalue weighted by Gasteiger charge is 2.48. The van der Waals surface area contributed by atoms with Gasteiger partial charge in [-0.2, -0.15) is 8.75 Å². The molecule has 0 saturated carbocycles. The van der Waals surface area contributed by atoms with E-state index in [4.69, 9.17) is 18.9 Å². The minimum atomic E-state index is -1.96. The summed E-state index contributed by atoms with van der Waals surface area (Å²) in [6, 6.07) is 17.8. The minimum Gasteiger partial charge on any atom is -0.493 e. The van der Waals surface area contributed by atoms with Crippen LogP contribution in [-0.2, 0) is 21.7 Å². The van der Waals surface area contributed by atoms with Gasteiger partial charge in [0.05, 0.1) is 38.6 Å². The highest BCUT2D eigenvalue weighted by Crippen LogP contribution is 2.46. The van der Waals surface area contributed by atoms with Gasteiger partial charge in [-0.3, -0.25) is 0 Å². The van der Waals surface area contributed by atoms with Gasteiger partial charge in [0.1, 0.15) is 11.0 Å². The summed E-state index contributed by atoms with van der Waals surface area (Å²) in [5.41, 5.74) is 3.83. The zero-order chi connectivity index (χ0) is 24.6. The van der Waals surface area contributed by atoms with Gasteiger partial charge in [-0.25, -0.2) is 4.79 Å². The lowest BCUT2D eigenvalue weighted by Gasteiger charge is -2.26. The average Bonchev–Trinajstić information content (AvgIpc) is 3.45. The molecule has 0 aliphatic carbocycles. The van der Waals surface area contributed by atoms with Crippen molar-refractivity contribution < 1.29 is 28.8 Å². The Morgan fingerprint density at radius 1 is 0.914 bits per heavy atom. The van der Waals surface area contributed by atoms with Gasteiger partial charge in [0.2, 0.25) is 5.75 Å². The van der Waals surface area contributed by atoms with Crippen LogP contribution in [0.2, 0.25) is 0 Å². The highest BCUT2D eigenvalue weighted by molar-refractivity contribution is 7.00. The molecule has 9 heteroatoms. The van der Waals surface area contributed by atoms with E-state index in [-0.39, 0.29) is 12.0 Å². The first-order valence-corrected chi connectivity index (χ1v) is 11.5. The van der Waals surface area contributed by atoms with Crippen molar-refractivity contribution in [3.8, 4) is 17.2 Å². The number of rotatable bonds is 7. The molecule has 3 aromatic carbocycles. The fraction of sp³-hybridized carbons (Fsp3) is 0.192. The Kier molecular flexibility index (Phi) is 5.88. The molecule has 1 aliphatic heterocycles. The standard InChI is InChI=1S/C26H22N2O6S/c1-31-21-12-15(13-22(32-2)24(21)33-3)11-18-23(16-9-10-19-20(14-16)28-35-27-19)25(29)34-26(18,30)17-7-5-4-6-8-17/h4-10,12-14,30H,11H2,1-3H3. The van der Waals surface area contributed by atoms with Crippen LogP contribution in [0.1, 0.15) is 16.7 Å². The molecule has 0 fully saturated rings. The summed E-state index contributed by atoms with van der Waals surface area (Å²) in [5.74, 6) is -1.20. The Bertz CT molecular complexity index is 1420. The summed E-state index contributed by atoms with van der Waals surface area (Å²) in [5, 5.41) is 11.8. The lowest BCUT2D eigenvalue weighted by Crippen LogP contribution is -2.29. The van der Waals surface area contributed by atoms with Crippen LogP contribution in [0, 0.1) is 0 Å². The molecule has 5 rings (SSSR count). The normalized spacial score (nSPS) is 17.5. The summed E-state index contributed by atoms with van der Waals surface area (Å²) in [6.45, 7) is 0. The number of aliphatic hydroxyl groups is 1. The van der Waals surface area contributed by atoms with E-state index < -0.39 is 11.8 Å². The van der Waals surface area contributed by atoms with E-state index >= 15 is 0 Å². The quantitative estimate of drug-likeness (QED) is 0.386. The second kappa shape index (κ2) is 9.01. The highest BCUT2D eigenvalue weighted by atomic mass is 32.1. The lowest BCUT2D eigenvalue weighted by molar-refractivity contribution is -0.185. The summed E-state index contributed by atoms with van der Waals surface area (Å²) in [4.78, 5) is 13.2. The molecule has 0 radical (unpaired) electrons. The zero-order valence-corrected chi connectivity index (χ0v) is 20.1. The maximum atomic E-state index is 13.2. The Morgan fingerprint density at radius 2 is 1.60 bits per heavy atom. The molecule has 1 N–H and O–H groups in total. The van der Waals surface area contributed by atoms with Gasteiger partial charge in [-0.1, -0.05) is 36.4 Å². The minimum absolute atomic E-state index is 0.177. The number of nitrogens with zero attached hydrogens (tertiary/aromatic N) is 2. The van der Waals surface area contributed by atoms with E-state index in [1.54, 1.807) is 54.6 Å². The molecule has 1 aliphatic rings. The predicted octanol–water partition coefficient (Wildman–Crippen LogP) is 4.12. The van der Waals surface area contributed by atoms with Gasteiger partial charge in [0.15, 0.2) is 11.5 Å². The fourth-order valence-corrected chi connectivity index (χ4v) is 4.83. The summed E-state index contributed by atoms with van der Waals surface area (Å²) in [7, 11) is 4.60. The van der Waals surface area contributed by atoms with Gasteiger partial charge < -0.3 is 24.1 Å². The van der Waals surface area contributed by atoms with Gasteiger partial charge >= 0.3 is 5.97 Å². The largest absolute Gasteiger partial charge is 0.493 e. The second-order valence-corrected chi connectivity index (χ2v) is 8.46. The topological polar surface area (TPSA) is 100 Å². The van der Waals surface area contributed by atoms with Gasteiger partial charge in [-0.15, -0.1) is 0 Å². The van der Waals surface area contributed by atoms with Crippen molar-refractivity contribution in [2.75, 3.05) is 21.3 Å². The van der Waals surface area contributed by atoms with Crippen LogP contribution in [0.5, 0.6) is 17.2 Å². The first-order chi connectivity index (χ1) is 17.0. The van der Waals surface area contributed by atoms with Crippen LogP contribution in [-0.4, -0.2) is 41.2 Å². The number of cyclic esters (lactones) is 1. The monoisotopic (exact) mass is 490 g/mol. The van der Waals surface area contributed by atoms with E-state index in [1.165, 1.54) is 21.3 Å². The van der Waals surface area contributed by atoms with Crippen LogP contribution in [0.25, 0.3) is 16.6 Å². The molecule has 2 heterocycles. The zero-order valence-electron chi connectivity index (χ0n) is 19.3.